The fourth-order valence-electron chi connectivity index (χ4n) is 2.62. The minimum Gasteiger partial charge on any atom is -0.494 e. The Bertz CT molecular complexity index is 694. The third-order valence-electron chi connectivity index (χ3n) is 4.15. The quantitative estimate of drug-likeness (QED) is 0.422. The second-order valence-electron chi connectivity index (χ2n) is 6.30. The van der Waals surface area contributed by atoms with E-state index in [0.717, 1.165) is 38.5 Å². The lowest BCUT2D eigenvalue weighted by atomic mass is 10.1. The van der Waals surface area contributed by atoms with Crippen LogP contribution in [0.2, 0.25) is 0 Å². The standard InChI is InChI=1S/C22H26O5/c23-21(24)18-12-14-20(15-13-18)26-16-8-3-1-2-4-9-17-27-22(25)19-10-6-5-7-11-19/h5-7,10-15H,1-4,8-9,16-17H2,(H,23,24). The van der Waals surface area contributed by atoms with E-state index in [-0.39, 0.29) is 11.5 Å². The molecule has 0 saturated heterocycles. The highest BCUT2D eigenvalue weighted by Crippen LogP contribution is 2.13. The third-order valence-corrected chi connectivity index (χ3v) is 4.15. The van der Waals surface area contributed by atoms with Crippen LogP contribution in [0.25, 0.3) is 0 Å². The summed E-state index contributed by atoms with van der Waals surface area (Å²) in [6.45, 7) is 1.09. The Morgan fingerprint density at radius 1 is 0.704 bits per heavy atom. The van der Waals surface area contributed by atoms with Gasteiger partial charge in [-0.3, -0.25) is 0 Å². The van der Waals surface area contributed by atoms with E-state index in [1.165, 1.54) is 0 Å². The second kappa shape index (κ2) is 11.7. The molecule has 5 nitrogen and oxygen atoms in total. The highest BCUT2D eigenvalue weighted by molar-refractivity contribution is 5.89. The summed E-state index contributed by atoms with van der Waals surface area (Å²) in [5, 5.41) is 8.84. The number of carbonyl (C=O) groups excluding carboxylic acids is 1. The molecule has 1 N–H and O–H groups in total. The summed E-state index contributed by atoms with van der Waals surface area (Å²) in [4.78, 5) is 22.5. The van der Waals surface area contributed by atoms with Gasteiger partial charge in [-0.2, -0.15) is 0 Å². The van der Waals surface area contributed by atoms with Crippen molar-refractivity contribution in [3.63, 3.8) is 0 Å². The first kappa shape index (κ1) is 20.5. The van der Waals surface area contributed by atoms with Crippen LogP contribution in [0, 0.1) is 0 Å². The van der Waals surface area contributed by atoms with E-state index in [1.54, 1.807) is 36.4 Å². The van der Waals surface area contributed by atoms with E-state index in [4.69, 9.17) is 14.6 Å². The number of ether oxygens (including phenoxy) is 2. The first-order chi connectivity index (χ1) is 13.2. The Kier molecular flexibility index (Phi) is 8.90. The Labute approximate surface area is 159 Å². The van der Waals surface area contributed by atoms with Gasteiger partial charge >= 0.3 is 11.9 Å². The van der Waals surface area contributed by atoms with Crippen molar-refractivity contribution in [1.82, 2.24) is 0 Å². The van der Waals surface area contributed by atoms with Crippen LogP contribution in [0.15, 0.2) is 54.6 Å². The van der Waals surface area contributed by atoms with Gasteiger partial charge in [0.25, 0.3) is 0 Å². The van der Waals surface area contributed by atoms with Crippen molar-refractivity contribution in [2.24, 2.45) is 0 Å². The molecule has 2 rings (SSSR count). The Morgan fingerprint density at radius 2 is 1.30 bits per heavy atom. The van der Waals surface area contributed by atoms with Crippen molar-refractivity contribution < 1.29 is 24.2 Å². The average Bonchev–Trinajstić information content (AvgIpc) is 2.70. The molecule has 0 heterocycles. The molecule has 0 aliphatic rings. The molecule has 0 bridgehead atoms. The van der Waals surface area contributed by atoms with Crippen LogP contribution in [0.4, 0.5) is 0 Å². The molecule has 0 aliphatic heterocycles. The Morgan fingerprint density at radius 3 is 1.93 bits per heavy atom. The van der Waals surface area contributed by atoms with E-state index >= 15 is 0 Å². The minimum atomic E-state index is -0.934. The maximum absolute atomic E-state index is 11.8. The molecule has 27 heavy (non-hydrogen) atoms. The van der Waals surface area contributed by atoms with Gasteiger partial charge in [0.1, 0.15) is 5.75 Å². The predicted octanol–water partition coefficient (Wildman–Crippen LogP) is 4.96. The monoisotopic (exact) mass is 370 g/mol. The molecule has 0 aromatic heterocycles. The van der Waals surface area contributed by atoms with E-state index in [0.29, 0.717) is 24.5 Å². The van der Waals surface area contributed by atoms with Crippen LogP contribution in [-0.4, -0.2) is 30.3 Å². The summed E-state index contributed by atoms with van der Waals surface area (Å²) >= 11 is 0. The number of rotatable bonds is 12. The molecule has 5 heteroatoms. The van der Waals surface area contributed by atoms with Gasteiger partial charge in [0, 0.05) is 0 Å². The summed E-state index contributed by atoms with van der Waals surface area (Å²) in [6.07, 6.45) is 6.19. The first-order valence-electron chi connectivity index (χ1n) is 9.35. The molecule has 0 aliphatic carbocycles. The van der Waals surface area contributed by atoms with Crippen LogP contribution >= 0.6 is 0 Å². The topological polar surface area (TPSA) is 72.8 Å². The number of carboxylic acid groups (broad SMARTS) is 1. The summed E-state index contributed by atoms with van der Waals surface area (Å²) in [6, 6.07) is 15.5. The molecule has 0 radical (unpaired) electrons. The fraction of sp³-hybridized carbons (Fsp3) is 0.364. The number of carboxylic acids is 1. The maximum atomic E-state index is 11.8. The second-order valence-corrected chi connectivity index (χ2v) is 6.30. The Balaban J connectivity index is 1.43. The molecule has 2 aromatic rings. The summed E-state index contributed by atoms with van der Waals surface area (Å²) < 4.78 is 10.9. The van der Waals surface area contributed by atoms with E-state index in [9.17, 15) is 9.59 Å². The number of benzene rings is 2. The van der Waals surface area contributed by atoms with Gasteiger partial charge in [0.05, 0.1) is 24.3 Å². The van der Waals surface area contributed by atoms with Crippen molar-refractivity contribution in [1.29, 1.82) is 0 Å². The molecule has 0 atom stereocenters. The van der Waals surface area contributed by atoms with E-state index in [1.807, 2.05) is 18.2 Å². The minimum absolute atomic E-state index is 0.260. The van der Waals surface area contributed by atoms with Gasteiger partial charge in [0.15, 0.2) is 0 Å². The molecule has 144 valence electrons. The van der Waals surface area contributed by atoms with Crippen molar-refractivity contribution >= 4 is 11.9 Å². The highest BCUT2D eigenvalue weighted by atomic mass is 16.5. The Hall–Kier alpha value is -2.82. The zero-order chi connectivity index (χ0) is 19.3. The molecule has 2 aromatic carbocycles. The molecular weight excluding hydrogens is 344 g/mol. The number of unbranched alkanes of at least 4 members (excludes halogenated alkanes) is 5. The predicted molar refractivity (Wildman–Crippen MR) is 103 cm³/mol. The zero-order valence-electron chi connectivity index (χ0n) is 15.4. The van der Waals surface area contributed by atoms with Gasteiger partial charge in [-0.1, -0.05) is 43.9 Å². The fourth-order valence-corrected chi connectivity index (χ4v) is 2.62. The molecule has 0 saturated carbocycles. The number of esters is 1. The van der Waals surface area contributed by atoms with Crippen molar-refractivity contribution in [3.8, 4) is 5.75 Å². The number of hydrogen-bond donors (Lipinski definition) is 1. The van der Waals surface area contributed by atoms with Gasteiger partial charge in [0.2, 0.25) is 0 Å². The molecule has 0 fully saturated rings. The molecule has 0 unspecified atom stereocenters. The summed E-state index contributed by atoms with van der Waals surface area (Å²) in [5.74, 6) is -0.499. The largest absolute Gasteiger partial charge is 0.494 e. The van der Waals surface area contributed by atoms with Crippen LogP contribution in [0.5, 0.6) is 5.75 Å². The SMILES string of the molecule is O=C(O)c1ccc(OCCCCCCCCOC(=O)c2ccccc2)cc1. The maximum Gasteiger partial charge on any atom is 0.338 e. The van der Waals surface area contributed by atoms with Crippen molar-refractivity contribution in [3.05, 3.63) is 65.7 Å². The number of carbonyl (C=O) groups is 2. The lowest BCUT2D eigenvalue weighted by molar-refractivity contribution is 0.0497. The van der Waals surface area contributed by atoms with Crippen LogP contribution in [0.3, 0.4) is 0 Å². The van der Waals surface area contributed by atoms with Crippen LogP contribution < -0.4 is 4.74 Å². The van der Waals surface area contributed by atoms with Gasteiger partial charge in [-0.05, 0) is 49.2 Å². The average molecular weight is 370 g/mol. The normalized spacial score (nSPS) is 10.4. The number of hydrogen-bond acceptors (Lipinski definition) is 4. The smallest absolute Gasteiger partial charge is 0.338 e. The molecule has 0 amide bonds. The van der Waals surface area contributed by atoms with Gasteiger partial charge in [-0.25, -0.2) is 9.59 Å². The lowest BCUT2D eigenvalue weighted by Crippen LogP contribution is -2.06. The lowest BCUT2D eigenvalue weighted by Gasteiger charge is -2.07. The van der Waals surface area contributed by atoms with Crippen LogP contribution in [-0.2, 0) is 4.74 Å². The van der Waals surface area contributed by atoms with Crippen molar-refractivity contribution in [2.45, 2.75) is 38.5 Å². The zero-order valence-corrected chi connectivity index (χ0v) is 15.4. The first-order valence-corrected chi connectivity index (χ1v) is 9.35. The van der Waals surface area contributed by atoms with E-state index in [2.05, 4.69) is 0 Å². The van der Waals surface area contributed by atoms with Gasteiger partial charge < -0.3 is 14.6 Å². The molecular formula is C22H26O5. The summed E-state index contributed by atoms with van der Waals surface area (Å²) in [7, 11) is 0. The van der Waals surface area contributed by atoms with Crippen LogP contribution in [0.1, 0.15) is 59.2 Å². The number of aromatic carboxylic acids is 1. The summed E-state index contributed by atoms with van der Waals surface area (Å²) in [5.41, 5.74) is 0.854. The molecule has 0 spiro atoms. The van der Waals surface area contributed by atoms with E-state index < -0.39 is 5.97 Å². The van der Waals surface area contributed by atoms with Crippen molar-refractivity contribution in [2.75, 3.05) is 13.2 Å². The third kappa shape index (κ3) is 7.94. The van der Waals surface area contributed by atoms with Gasteiger partial charge in [-0.15, -0.1) is 0 Å². The highest BCUT2D eigenvalue weighted by Gasteiger charge is 2.05.